The summed E-state index contributed by atoms with van der Waals surface area (Å²) in [5, 5.41) is 23.1. The van der Waals surface area contributed by atoms with Crippen LogP contribution < -0.4 is 0 Å². The molecule has 5 nitrogen and oxygen atoms in total. The number of hydrogen-bond donors (Lipinski definition) is 1. The maximum atomic E-state index is 11.1. The molecule has 0 fully saturated rings. The van der Waals surface area contributed by atoms with Gasteiger partial charge >= 0.3 is 0 Å². The molecule has 0 heterocycles. The predicted molar refractivity (Wildman–Crippen MR) is 83.5 cm³/mol. The highest BCUT2D eigenvalue weighted by Gasteiger charge is 2.14. The average Bonchev–Trinajstić information content (AvgIpc) is 2.47. The van der Waals surface area contributed by atoms with Gasteiger partial charge in [0.05, 0.1) is 16.0 Å². The van der Waals surface area contributed by atoms with E-state index in [0.717, 1.165) is 11.8 Å². The lowest BCUT2D eigenvalue weighted by Gasteiger charge is -2.04. The number of nitrogens with zero attached hydrogens (tertiary/aromatic N) is 2. The Morgan fingerprint density at radius 3 is 2.62 bits per heavy atom. The minimum Gasteiger partial charge on any atom is -0.411 e. The SMILES string of the molecule is O=[N+]([O-])c1cc(/C=N/O)ccc1SCc1ccc(Cl)cc1. The molecule has 0 aliphatic rings. The Balaban J connectivity index is 2.19. The molecule has 1 N–H and O–H groups in total. The maximum absolute atomic E-state index is 11.1. The van der Waals surface area contributed by atoms with Gasteiger partial charge in [-0.05, 0) is 23.8 Å². The zero-order valence-corrected chi connectivity index (χ0v) is 12.3. The van der Waals surface area contributed by atoms with Gasteiger partial charge in [-0.15, -0.1) is 11.8 Å². The van der Waals surface area contributed by atoms with Crippen LogP contribution in [0.4, 0.5) is 5.69 Å². The molecule has 0 spiro atoms. The molecule has 0 atom stereocenters. The molecule has 0 aromatic heterocycles. The molecule has 2 rings (SSSR count). The molecule has 2 aromatic rings. The van der Waals surface area contributed by atoms with Crippen LogP contribution >= 0.6 is 23.4 Å². The molecule has 21 heavy (non-hydrogen) atoms. The van der Waals surface area contributed by atoms with E-state index in [2.05, 4.69) is 5.16 Å². The third-order valence-corrected chi connectivity index (χ3v) is 4.08. The average molecular weight is 323 g/mol. The van der Waals surface area contributed by atoms with Crippen molar-refractivity contribution < 1.29 is 10.1 Å². The molecule has 0 radical (unpaired) electrons. The summed E-state index contributed by atoms with van der Waals surface area (Å²) in [5.41, 5.74) is 1.49. The van der Waals surface area contributed by atoms with Crippen LogP contribution in [0.3, 0.4) is 0 Å². The Bertz CT molecular complexity index is 674. The van der Waals surface area contributed by atoms with Crippen LogP contribution in [0, 0.1) is 10.1 Å². The van der Waals surface area contributed by atoms with Gasteiger partial charge in [0.1, 0.15) is 0 Å². The number of thioether (sulfide) groups is 1. The van der Waals surface area contributed by atoms with E-state index in [-0.39, 0.29) is 5.69 Å². The molecule has 7 heteroatoms. The normalized spacial score (nSPS) is 10.9. The van der Waals surface area contributed by atoms with Crippen molar-refractivity contribution in [2.24, 2.45) is 5.16 Å². The van der Waals surface area contributed by atoms with Crippen LogP contribution in [0.5, 0.6) is 0 Å². The first-order chi connectivity index (χ1) is 10.1. The smallest absolute Gasteiger partial charge is 0.283 e. The summed E-state index contributed by atoms with van der Waals surface area (Å²) < 4.78 is 0. The van der Waals surface area contributed by atoms with Crippen molar-refractivity contribution >= 4 is 35.3 Å². The van der Waals surface area contributed by atoms with E-state index in [1.54, 1.807) is 24.3 Å². The lowest BCUT2D eigenvalue weighted by atomic mass is 10.2. The van der Waals surface area contributed by atoms with Gasteiger partial charge in [-0.2, -0.15) is 0 Å². The number of oxime groups is 1. The Kier molecular flexibility index (Phi) is 5.19. The second kappa shape index (κ2) is 7.10. The number of nitro benzene ring substituents is 1. The maximum Gasteiger partial charge on any atom is 0.283 e. The highest BCUT2D eigenvalue weighted by atomic mass is 35.5. The molecule has 108 valence electrons. The molecule has 0 aliphatic heterocycles. The molecule has 0 saturated heterocycles. The molecule has 0 amide bonds. The molecule has 0 saturated carbocycles. The summed E-state index contributed by atoms with van der Waals surface area (Å²) in [4.78, 5) is 11.2. The monoisotopic (exact) mass is 322 g/mol. The van der Waals surface area contributed by atoms with Gasteiger partial charge in [-0.3, -0.25) is 10.1 Å². The van der Waals surface area contributed by atoms with E-state index < -0.39 is 4.92 Å². The fourth-order valence-corrected chi connectivity index (χ4v) is 2.77. The van der Waals surface area contributed by atoms with Gasteiger partial charge in [0.15, 0.2) is 0 Å². The summed E-state index contributed by atoms with van der Waals surface area (Å²) in [6.45, 7) is 0. The number of halogens is 1. The van der Waals surface area contributed by atoms with Gasteiger partial charge < -0.3 is 5.21 Å². The summed E-state index contributed by atoms with van der Waals surface area (Å²) in [6.07, 6.45) is 1.15. The minimum atomic E-state index is -0.446. The molecule has 0 unspecified atom stereocenters. The fourth-order valence-electron chi connectivity index (χ4n) is 1.69. The third-order valence-electron chi connectivity index (χ3n) is 2.69. The number of rotatable bonds is 5. The van der Waals surface area contributed by atoms with E-state index >= 15 is 0 Å². The van der Waals surface area contributed by atoms with Crippen molar-refractivity contribution in [3.63, 3.8) is 0 Å². The molecule has 0 bridgehead atoms. The second-order valence-corrected chi connectivity index (χ2v) is 5.60. The fraction of sp³-hybridized carbons (Fsp3) is 0.0714. The van der Waals surface area contributed by atoms with Crippen LogP contribution in [0.1, 0.15) is 11.1 Å². The van der Waals surface area contributed by atoms with Crippen LogP contribution in [0.15, 0.2) is 52.5 Å². The van der Waals surface area contributed by atoms with E-state index in [1.165, 1.54) is 17.8 Å². The number of nitro groups is 1. The van der Waals surface area contributed by atoms with Crippen molar-refractivity contribution in [2.45, 2.75) is 10.6 Å². The first kappa shape index (κ1) is 15.3. The first-order valence-electron chi connectivity index (χ1n) is 5.93. The Morgan fingerprint density at radius 2 is 2.00 bits per heavy atom. The van der Waals surface area contributed by atoms with Gasteiger partial charge in [-0.25, -0.2) is 0 Å². The van der Waals surface area contributed by atoms with Crippen molar-refractivity contribution in [3.8, 4) is 0 Å². The molecule has 2 aromatic carbocycles. The standard InChI is InChI=1S/C14H11ClN2O3S/c15-12-4-1-10(2-5-12)9-21-14-6-3-11(8-16-18)7-13(14)17(19)20/h1-8,18H,9H2/b16-8+. The lowest BCUT2D eigenvalue weighted by Crippen LogP contribution is -1.93. The first-order valence-corrected chi connectivity index (χ1v) is 7.29. The van der Waals surface area contributed by atoms with Crippen molar-refractivity contribution in [3.05, 3.63) is 68.7 Å². The zero-order valence-electron chi connectivity index (χ0n) is 10.8. The van der Waals surface area contributed by atoms with Gasteiger partial charge in [-0.1, -0.05) is 35.0 Å². The Morgan fingerprint density at radius 1 is 1.29 bits per heavy atom. The summed E-state index contributed by atoms with van der Waals surface area (Å²) in [7, 11) is 0. The van der Waals surface area contributed by atoms with Crippen LogP contribution in [0.2, 0.25) is 5.02 Å². The zero-order chi connectivity index (χ0) is 15.2. The topological polar surface area (TPSA) is 75.7 Å². The van der Waals surface area contributed by atoms with E-state index in [1.807, 2.05) is 12.1 Å². The van der Waals surface area contributed by atoms with E-state index in [0.29, 0.717) is 21.2 Å². The number of hydrogen-bond acceptors (Lipinski definition) is 5. The Hall–Kier alpha value is -2.05. The van der Waals surface area contributed by atoms with E-state index in [4.69, 9.17) is 16.8 Å². The molecular formula is C14H11ClN2O3S. The minimum absolute atomic E-state index is 0.00800. The van der Waals surface area contributed by atoms with Gasteiger partial charge in [0.25, 0.3) is 5.69 Å². The van der Waals surface area contributed by atoms with Crippen LogP contribution in [-0.2, 0) is 5.75 Å². The highest BCUT2D eigenvalue weighted by Crippen LogP contribution is 2.32. The van der Waals surface area contributed by atoms with Crippen molar-refractivity contribution in [2.75, 3.05) is 0 Å². The third kappa shape index (κ3) is 4.21. The van der Waals surface area contributed by atoms with Crippen LogP contribution in [0.25, 0.3) is 0 Å². The van der Waals surface area contributed by atoms with Gasteiger partial charge in [0.2, 0.25) is 0 Å². The molecular weight excluding hydrogens is 312 g/mol. The number of benzene rings is 2. The van der Waals surface area contributed by atoms with E-state index in [9.17, 15) is 10.1 Å². The summed E-state index contributed by atoms with van der Waals surface area (Å²) in [5.74, 6) is 0.603. The van der Waals surface area contributed by atoms with Crippen molar-refractivity contribution in [1.82, 2.24) is 0 Å². The second-order valence-electron chi connectivity index (χ2n) is 4.14. The Labute approximate surface area is 130 Å². The predicted octanol–water partition coefficient (Wildman–Crippen LogP) is 4.35. The quantitative estimate of drug-likeness (QED) is 0.292. The lowest BCUT2D eigenvalue weighted by molar-refractivity contribution is -0.387. The summed E-state index contributed by atoms with van der Waals surface area (Å²) in [6, 6.07) is 12.0. The van der Waals surface area contributed by atoms with Crippen molar-refractivity contribution in [1.29, 1.82) is 0 Å². The highest BCUT2D eigenvalue weighted by molar-refractivity contribution is 7.98. The van der Waals surface area contributed by atoms with Crippen LogP contribution in [-0.4, -0.2) is 16.3 Å². The summed E-state index contributed by atoms with van der Waals surface area (Å²) >= 11 is 7.18. The van der Waals surface area contributed by atoms with Gasteiger partial charge in [0, 0.05) is 22.4 Å². The molecule has 0 aliphatic carbocycles. The largest absolute Gasteiger partial charge is 0.411 e.